The summed E-state index contributed by atoms with van der Waals surface area (Å²) in [4.78, 5) is 10.3. The number of rotatable bonds is 8. The standard InChI is InChI=1S/C6H11Cl2O5P/c7-1-3-12-14(11,5-6(9)10)13-4-2-8/h1-5H2,(H,9,10). The molecule has 0 spiro atoms. The molecule has 5 nitrogen and oxygen atoms in total. The van der Waals surface area contributed by atoms with E-state index in [4.69, 9.17) is 37.4 Å². The molecule has 14 heavy (non-hydrogen) atoms. The molecule has 0 heterocycles. The predicted molar refractivity (Wildman–Crippen MR) is 53.5 cm³/mol. The molecule has 8 heteroatoms. The van der Waals surface area contributed by atoms with Crippen LogP contribution in [0.2, 0.25) is 0 Å². The van der Waals surface area contributed by atoms with Gasteiger partial charge >= 0.3 is 13.6 Å². The zero-order chi connectivity index (χ0) is 11.0. The van der Waals surface area contributed by atoms with Gasteiger partial charge in [-0.05, 0) is 0 Å². The van der Waals surface area contributed by atoms with Gasteiger partial charge in [-0.1, -0.05) is 0 Å². The van der Waals surface area contributed by atoms with Gasteiger partial charge in [-0.15, -0.1) is 23.2 Å². The summed E-state index contributed by atoms with van der Waals surface area (Å²) in [6.45, 7) is -0.0389. The van der Waals surface area contributed by atoms with Gasteiger partial charge in [-0.25, -0.2) is 0 Å². The van der Waals surface area contributed by atoms with Crippen LogP contribution in [0, 0.1) is 0 Å². The van der Waals surface area contributed by atoms with Crippen molar-refractivity contribution in [3.8, 4) is 0 Å². The summed E-state index contributed by atoms with van der Waals surface area (Å²) in [6, 6.07) is 0. The third-order valence-electron chi connectivity index (χ3n) is 1.06. The molecule has 0 bridgehead atoms. The van der Waals surface area contributed by atoms with E-state index in [2.05, 4.69) is 0 Å². The lowest BCUT2D eigenvalue weighted by molar-refractivity contribution is -0.134. The molecule has 0 aliphatic rings. The first-order valence-corrected chi connectivity index (χ1v) is 6.55. The van der Waals surface area contributed by atoms with Crippen LogP contribution in [0.15, 0.2) is 0 Å². The normalized spacial score (nSPS) is 11.6. The van der Waals surface area contributed by atoms with E-state index in [1.54, 1.807) is 0 Å². The molecule has 0 aliphatic heterocycles. The highest BCUT2D eigenvalue weighted by molar-refractivity contribution is 7.54. The van der Waals surface area contributed by atoms with E-state index < -0.39 is 19.7 Å². The first kappa shape index (κ1) is 14.2. The third kappa shape index (κ3) is 6.62. The van der Waals surface area contributed by atoms with Crippen LogP contribution in [0.4, 0.5) is 0 Å². The minimum Gasteiger partial charge on any atom is -0.481 e. The predicted octanol–water partition coefficient (Wildman–Crippen LogP) is 1.77. The summed E-state index contributed by atoms with van der Waals surface area (Å²) in [5.41, 5.74) is 0. The van der Waals surface area contributed by atoms with Crippen LogP contribution in [-0.4, -0.2) is 42.2 Å². The maximum absolute atomic E-state index is 11.6. The Hall–Kier alpha value is 0.200. The van der Waals surface area contributed by atoms with Gasteiger partial charge in [0.1, 0.15) is 6.16 Å². The molecule has 0 aromatic heterocycles. The van der Waals surface area contributed by atoms with Crippen molar-refractivity contribution in [2.24, 2.45) is 0 Å². The van der Waals surface area contributed by atoms with E-state index >= 15 is 0 Å². The smallest absolute Gasteiger partial charge is 0.341 e. The minimum atomic E-state index is -3.58. The third-order valence-corrected chi connectivity index (χ3v) is 3.18. The lowest BCUT2D eigenvalue weighted by Gasteiger charge is -2.15. The summed E-state index contributed by atoms with van der Waals surface area (Å²) in [5, 5.41) is 8.45. The quantitative estimate of drug-likeness (QED) is 0.534. The Morgan fingerprint density at radius 3 is 1.93 bits per heavy atom. The van der Waals surface area contributed by atoms with Crippen LogP contribution < -0.4 is 0 Å². The number of alkyl halides is 2. The Labute approximate surface area is 91.8 Å². The van der Waals surface area contributed by atoms with Crippen molar-refractivity contribution in [1.82, 2.24) is 0 Å². The number of halogens is 2. The summed E-state index contributed by atoms with van der Waals surface area (Å²) in [7, 11) is -3.58. The average Bonchev–Trinajstić information content (AvgIpc) is 2.11. The molecule has 0 saturated carbocycles. The Morgan fingerprint density at radius 1 is 1.21 bits per heavy atom. The largest absolute Gasteiger partial charge is 0.481 e. The second kappa shape index (κ2) is 7.49. The van der Waals surface area contributed by atoms with Crippen molar-refractivity contribution in [2.75, 3.05) is 31.1 Å². The highest BCUT2D eigenvalue weighted by atomic mass is 35.5. The van der Waals surface area contributed by atoms with Crippen molar-refractivity contribution in [3.63, 3.8) is 0 Å². The molecule has 1 N–H and O–H groups in total. The molecule has 84 valence electrons. The van der Waals surface area contributed by atoms with Crippen molar-refractivity contribution in [2.45, 2.75) is 0 Å². The number of carboxylic acid groups (broad SMARTS) is 1. The number of hydrogen-bond donors (Lipinski definition) is 1. The van der Waals surface area contributed by atoms with E-state index in [1.165, 1.54) is 0 Å². The van der Waals surface area contributed by atoms with Crippen molar-refractivity contribution in [1.29, 1.82) is 0 Å². The van der Waals surface area contributed by atoms with Crippen LogP contribution in [0.3, 0.4) is 0 Å². The molecule has 0 fully saturated rings. The Balaban J connectivity index is 4.18. The first-order valence-electron chi connectivity index (χ1n) is 3.76. The Morgan fingerprint density at radius 2 is 1.64 bits per heavy atom. The SMILES string of the molecule is O=C(O)CP(=O)(OCCCl)OCCCl. The van der Waals surface area contributed by atoms with E-state index in [9.17, 15) is 9.36 Å². The summed E-state index contributed by atoms with van der Waals surface area (Å²) >= 11 is 10.6. The maximum atomic E-state index is 11.6. The van der Waals surface area contributed by atoms with Crippen molar-refractivity contribution >= 4 is 36.8 Å². The van der Waals surface area contributed by atoms with E-state index in [0.29, 0.717) is 0 Å². The molecule has 0 atom stereocenters. The highest BCUT2D eigenvalue weighted by Crippen LogP contribution is 2.47. The van der Waals surface area contributed by atoms with E-state index in [0.717, 1.165) is 0 Å². The van der Waals surface area contributed by atoms with Crippen LogP contribution in [0.5, 0.6) is 0 Å². The maximum Gasteiger partial charge on any atom is 0.341 e. The van der Waals surface area contributed by atoms with Gasteiger partial charge in [0.05, 0.1) is 13.2 Å². The molecular formula is C6H11Cl2O5P. The Bertz CT molecular complexity index is 210. The number of carboxylic acids is 1. The first-order chi connectivity index (χ1) is 6.54. The average molecular weight is 265 g/mol. The molecule has 0 unspecified atom stereocenters. The minimum absolute atomic E-state index is 0.0194. The molecule has 0 aromatic rings. The van der Waals surface area contributed by atoms with E-state index in [-0.39, 0.29) is 25.0 Å². The summed E-state index contributed by atoms with van der Waals surface area (Å²) in [6.07, 6.45) is -0.680. The van der Waals surface area contributed by atoms with Gasteiger partial charge in [0.2, 0.25) is 0 Å². The second-order valence-electron chi connectivity index (χ2n) is 2.21. The fourth-order valence-electron chi connectivity index (χ4n) is 0.641. The van der Waals surface area contributed by atoms with Gasteiger partial charge < -0.3 is 14.2 Å². The molecule has 0 radical (unpaired) electrons. The van der Waals surface area contributed by atoms with Crippen LogP contribution in [0.1, 0.15) is 0 Å². The Kier molecular flexibility index (Phi) is 7.59. The van der Waals surface area contributed by atoms with E-state index in [1.807, 2.05) is 0 Å². The van der Waals surface area contributed by atoms with Crippen LogP contribution >= 0.6 is 30.8 Å². The van der Waals surface area contributed by atoms with Crippen LogP contribution in [-0.2, 0) is 18.4 Å². The zero-order valence-electron chi connectivity index (χ0n) is 7.32. The fraction of sp³-hybridized carbons (Fsp3) is 0.833. The lowest BCUT2D eigenvalue weighted by atomic mass is 10.8. The molecule has 0 amide bonds. The molecule has 0 saturated heterocycles. The topological polar surface area (TPSA) is 72.8 Å². The molecular weight excluding hydrogens is 254 g/mol. The zero-order valence-corrected chi connectivity index (χ0v) is 9.73. The van der Waals surface area contributed by atoms with Crippen LogP contribution in [0.25, 0.3) is 0 Å². The fourth-order valence-corrected chi connectivity index (χ4v) is 2.34. The molecule has 0 aromatic carbocycles. The monoisotopic (exact) mass is 264 g/mol. The highest BCUT2D eigenvalue weighted by Gasteiger charge is 2.27. The summed E-state index contributed by atoms with van der Waals surface area (Å²) in [5.74, 6) is -1.01. The van der Waals surface area contributed by atoms with Gasteiger partial charge in [0, 0.05) is 11.8 Å². The van der Waals surface area contributed by atoms with Gasteiger partial charge in [0.25, 0.3) is 0 Å². The van der Waals surface area contributed by atoms with Crippen molar-refractivity contribution in [3.05, 3.63) is 0 Å². The van der Waals surface area contributed by atoms with Gasteiger partial charge in [-0.2, -0.15) is 0 Å². The summed E-state index contributed by atoms with van der Waals surface area (Å²) < 4.78 is 21.1. The second-order valence-corrected chi connectivity index (χ2v) is 5.02. The number of carbonyl (C=O) groups is 1. The number of aliphatic carboxylic acids is 1. The number of hydrogen-bond acceptors (Lipinski definition) is 4. The molecule has 0 aliphatic carbocycles. The molecule has 0 rings (SSSR count). The van der Waals surface area contributed by atoms with Gasteiger partial charge in [-0.3, -0.25) is 9.36 Å². The lowest BCUT2D eigenvalue weighted by Crippen LogP contribution is -2.10. The van der Waals surface area contributed by atoms with Gasteiger partial charge in [0.15, 0.2) is 0 Å². The van der Waals surface area contributed by atoms with Crippen molar-refractivity contribution < 1.29 is 23.5 Å².